The molecule has 0 bridgehead atoms. The predicted molar refractivity (Wildman–Crippen MR) is 59.7 cm³/mol. The van der Waals surface area contributed by atoms with E-state index < -0.39 is 11.9 Å². The fraction of sp³-hybridized carbons (Fsp3) is 0.583. The SMILES string of the molecule is CCC1(CNc2cccc(C(F)(F)F)n2)CC1. The number of pyridine rings is 1. The van der Waals surface area contributed by atoms with Crippen molar-refractivity contribution < 1.29 is 13.2 Å². The molecule has 0 saturated heterocycles. The lowest BCUT2D eigenvalue weighted by Crippen LogP contribution is -2.16. The minimum atomic E-state index is -4.38. The summed E-state index contributed by atoms with van der Waals surface area (Å²) in [4.78, 5) is 3.57. The molecule has 1 fully saturated rings. The van der Waals surface area contributed by atoms with E-state index in [-0.39, 0.29) is 5.41 Å². The Kier molecular flexibility index (Phi) is 3.02. The third kappa shape index (κ3) is 2.90. The molecule has 1 aromatic rings. The molecular formula is C12H15F3N2. The van der Waals surface area contributed by atoms with Crippen molar-refractivity contribution in [3.8, 4) is 0 Å². The largest absolute Gasteiger partial charge is 0.433 e. The van der Waals surface area contributed by atoms with Gasteiger partial charge in [-0.15, -0.1) is 0 Å². The van der Waals surface area contributed by atoms with Gasteiger partial charge in [-0.3, -0.25) is 0 Å². The Morgan fingerprint density at radius 2 is 2.06 bits per heavy atom. The van der Waals surface area contributed by atoms with Gasteiger partial charge in [0.05, 0.1) is 0 Å². The highest BCUT2D eigenvalue weighted by Gasteiger charge is 2.40. The fourth-order valence-electron chi connectivity index (χ4n) is 1.80. The van der Waals surface area contributed by atoms with Crippen molar-refractivity contribution in [1.29, 1.82) is 0 Å². The van der Waals surface area contributed by atoms with Crippen LogP contribution in [0.3, 0.4) is 0 Å². The molecular weight excluding hydrogens is 229 g/mol. The molecule has 1 saturated carbocycles. The Bertz CT molecular complexity index is 397. The summed E-state index contributed by atoms with van der Waals surface area (Å²) in [7, 11) is 0. The summed E-state index contributed by atoms with van der Waals surface area (Å²) in [5, 5.41) is 3.00. The van der Waals surface area contributed by atoms with Gasteiger partial charge >= 0.3 is 6.18 Å². The van der Waals surface area contributed by atoms with Crippen LogP contribution in [0.25, 0.3) is 0 Å². The van der Waals surface area contributed by atoms with Crippen molar-refractivity contribution >= 4 is 5.82 Å². The van der Waals surface area contributed by atoms with Gasteiger partial charge in [-0.1, -0.05) is 13.0 Å². The lowest BCUT2D eigenvalue weighted by Gasteiger charge is -2.14. The Balaban J connectivity index is 2.02. The molecule has 2 rings (SSSR count). The Hall–Kier alpha value is -1.26. The van der Waals surface area contributed by atoms with E-state index in [1.54, 1.807) is 6.07 Å². The molecule has 1 heterocycles. The molecule has 0 atom stereocenters. The van der Waals surface area contributed by atoms with Crippen LogP contribution in [0.15, 0.2) is 18.2 Å². The van der Waals surface area contributed by atoms with Crippen LogP contribution in [0.5, 0.6) is 0 Å². The van der Waals surface area contributed by atoms with E-state index in [0.29, 0.717) is 12.4 Å². The highest BCUT2D eigenvalue weighted by Crippen LogP contribution is 2.48. The van der Waals surface area contributed by atoms with Crippen LogP contribution < -0.4 is 5.32 Å². The lowest BCUT2D eigenvalue weighted by molar-refractivity contribution is -0.141. The second-order valence-electron chi connectivity index (χ2n) is 4.61. The van der Waals surface area contributed by atoms with Gasteiger partial charge in [0.1, 0.15) is 11.5 Å². The summed E-state index contributed by atoms with van der Waals surface area (Å²) in [5.41, 5.74) is -0.556. The van der Waals surface area contributed by atoms with E-state index in [0.717, 1.165) is 25.3 Å². The number of alkyl halides is 3. The fourth-order valence-corrected chi connectivity index (χ4v) is 1.80. The molecule has 2 nitrogen and oxygen atoms in total. The van der Waals surface area contributed by atoms with E-state index in [1.165, 1.54) is 6.07 Å². The second kappa shape index (κ2) is 4.20. The van der Waals surface area contributed by atoms with Gasteiger partial charge in [0.25, 0.3) is 0 Å². The molecule has 0 aliphatic heterocycles. The minimum absolute atomic E-state index is 0.288. The Morgan fingerprint density at radius 1 is 1.35 bits per heavy atom. The minimum Gasteiger partial charge on any atom is -0.370 e. The van der Waals surface area contributed by atoms with E-state index >= 15 is 0 Å². The van der Waals surface area contributed by atoms with Crippen molar-refractivity contribution in [2.75, 3.05) is 11.9 Å². The van der Waals surface area contributed by atoms with Crippen LogP contribution >= 0.6 is 0 Å². The first-order chi connectivity index (χ1) is 7.95. The molecule has 1 aliphatic carbocycles. The zero-order valence-electron chi connectivity index (χ0n) is 9.64. The van der Waals surface area contributed by atoms with E-state index in [1.807, 2.05) is 0 Å². The molecule has 17 heavy (non-hydrogen) atoms. The van der Waals surface area contributed by atoms with Gasteiger partial charge in [0.2, 0.25) is 0 Å². The van der Waals surface area contributed by atoms with Gasteiger partial charge < -0.3 is 5.32 Å². The second-order valence-corrected chi connectivity index (χ2v) is 4.61. The summed E-state index contributed by atoms with van der Waals surface area (Å²) in [6.45, 7) is 2.81. The van der Waals surface area contributed by atoms with Gasteiger partial charge in [-0.25, -0.2) is 4.98 Å². The van der Waals surface area contributed by atoms with Crippen LogP contribution in [0.1, 0.15) is 31.9 Å². The molecule has 0 unspecified atom stereocenters. The molecule has 1 aliphatic rings. The Labute approximate surface area is 98.2 Å². The number of rotatable bonds is 4. The van der Waals surface area contributed by atoms with Crippen molar-refractivity contribution in [2.45, 2.75) is 32.4 Å². The van der Waals surface area contributed by atoms with E-state index in [2.05, 4.69) is 17.2 Å². The number of halogens is 3. The summed E-state index contributed by atoms with van der Waals surface area (Å²) in [6.07, 6.45) is -1.02. The molecule has 0 aromatic carbocycles. The maximum Gasteiger partial charge on any atom is 0.433 e. The smallest absolute Gasteiger partial charge is 0.370 e. The highest BCUT2D eigenvalue weighted by atomic mass is 19.4. The molecule has 0 spiro atoms. The van der Waals surface area contributed by atoms with Crippen LogP contribution in [-0.2, 0) is 6.18 Å². The van der Waals surface area contributed by atoms with Gasteiger partial charge in [0, 0.05) is 6.54 Å². The molecule has 0 radical (unpaired) electrons. The van der Waals surface area contributed by atoms with Crippen molar-refractivity contribution in [2.24, 2.45) is 5.41 Å². The molecule has 1 N–H and O–H groups in total. The van der Waals surface area contributed by atoms with E-state index in [9.17, 15) is 13.2 Å². The molecule has 94 valence electrons. The standard InChI is InChI=1S/C12H15F3N2/c1-2-11(6-7-11)8-16-10-5-3-4-9(17-10)12(13,14)15/h3-5H,2,6-8H2,1H3,(H,16,17). The van der Waals surface area contributed by atoms with Gasteiger partial charge in [-0.2, -0.15) is 13.2 Å². The topological polar surface area (TPSA) is 24.9 Å². The van der Waals surface area contributed by atoms with Crippen LogP contribution in [0, 0.1) is 5.41 Å². The average molecular weight is 244 g/mol. The normalized spacial score (nSPS) is 17.9. The first-order valence-corrected chi connectivity index (χ1v) is 5.73. The maximum absolute atomic E-state index is 12.4. The van der Waals surface area contributed by atoms with Crippen molar-refractivity contribution in [1.82, 2.24) is 4.98 Å². The van der Waals surface area contributed by atoms with E-state index in [4.69, 9.17) is 0 Å². The first-order valence-electron chi connectivity index (χ1n) is 5.73. The maximum atomic E-state index is 12.4. The number of anilines is 1. The van der Waals surface area contributed by atoms with Gasteiger partial charge in [0.15, 0.2) is 0 Å². The van der Waals surface area contributed by atoms with Crippen LogP contribution in [0.4, 0.5) is 19.0 Å². The van der Waals surface area contributed by atoms with Gasteiger partial charge in [-0.05, 0) is 36.8 Å². The summed E-state index contributed by atoms with van der Waals surface area (Å²) < 4.78 is 37.3. The number of nitrogens with zero attached hydrogens (tertiary/aromatic N) is 1. The molecule has 0 amide bonds. The predicted octanol–water partition coefficient (Wildman–Crippen LogP) is 3.70. The zero-order chi connectivity index (χ0) is 12.5. The molecule has 1 aromatic heterocycles. The molecule has 5 heteroatoms. The Morgan fingerprint density at radius 3 is 2.59 bits per heavy atom. The first kappa shape index (κ1) is 12.2. The summed E-state index contributed by atoms with van der Waals surface area (Å²) >= 11 is 0. The number of hydrogen-bond acceptors (Lipinski definition) is 2. The monoisotopic (exact) mass is 244 g/mol. The zero-order valence-corrected chi connectivity index (χ0v) is 9.64. The number of aromatic nitrogens is 1. The summed E-state index contributed by atoms with van der Waals surface area (Å²) in [6, 6.07) is 3.93. The van der Waals surface area contributed by atoms with Crippen molar-refractivity contribution in [3.05, 3.63) is 23.9 Å². The average Bonchev–Trinajstić information content (AvgIpc) is 3.06. The quantitative estimate of drug-likeness (QED) is 0.873. The van der Waals surface area contributed by atoms with Crippen LogP contribution in [-0.4, -0.2) is 11.5 Å². The number of nitrogens with one attached hydrogen (secondary N) is 1. The number of hydrogen-bond donors (Lipinski definition) is 1. The third-order valence-electron chi connectivity index (χ3n) is 3.39. The van der Waals surface area contributed by atoms with Crippen molar-refractivity contribution in [3.63, 3.8) is 0 Å². The highest BCUT2D eigenvalue weighted by molar-refractivity contribution is 5.36. The lowest BCUT2D eigenvalue weighted by atomic mass is 10.0. The van der Waals surface area contributed by atoms with Crippen LogP contribution in [0.2, 0.25) is 0 Å². The summed E-state index contributed by atoms with van der Waals surface area (Å²) in [5.74, 6) is 0.305. The third-order valence-corrected chi connectivity index (χ3v) is 3.39.